The molecule has 70 valence electrons. The number of hydrogen-bond donors (Lipinski definition) is 0. The van der Waals surface area contributed by atoms with E-state index in [9.17, 15) is 0 Å². The molecule has 0 heterocycles. The van der Waals surface area contributed by atoms with Crippen LogP contribution >= 0.6 is 23.2 Å². The van der Waals surface area contributed by atoms with Crippen molar-refractivity contribution in [3.63, 3.8) is 0 Å². The van der Waals surface area contributed by atoms with E-state index in [4.69, 9.17) is 23.2 Å². The fraction of sp³-hybridized carbons (Fsp3) is 0.273. The highest BCUT2D eigenvalue weighted by atomic mass is 35.5. The van der Waals surface area contributed by atoms with Crippen molar-refractivity contribution < 1.29 is 0 Å². The maximum Gasteiger partial charge on any atom is 0.0624 e. The molecule has 0 aliphatic heterocycles. The second kappa shape index (κ2) is 4.69. The maximum atomic E-state index is 6.03. The predicted molar refractivity (Wildman–Crippen MR) is 59.5 cm³/mol. The van der Waals surface area contributed by atoms with Gasteiger partial charge in [-0.1, -0.05) is 48.3 Å². The van der Waals surface area contributed by atoms with Crippen LogP contribution in [-0.2, 0) is 6.42 Å². The lowest BCUT2D eigenvalue weighted by molar-refractivity contribution is 0.726. The molecule has 2 heteroatoms. The van der Waals surface area contributed by atoms with Gasteiger partial charge < -0.3 is 0 Å². The Kier molecular flexibility index (Phi) is 3.83. The van der Waals surface area contributed by atoms with E-state index in [1.54, 1.807) is 6.07 Å². The average Bonchev–Trinajstić information content (AvgIpc) is 2.13. The Bertz CT molecular complexity index is 305. The number of allylic oxidation sites excluding steroid dienone is 1. The molecule has 1 unspecified atom stereocenters. The lowest BCUT2D eigenvalue weighted by Gasteiger charge is -2.08. The molecule has 13 heavy (non-hydrogen) atoms. The first-order chi connectivity index (χ1) is 6.15. The third-order valence-corrected chi connectivity index (χ3v) is 2.83. The predicted octanol–water partition coefficient (Wildman–Crippen LogP) is 4.36. The summed E-state index contributed by atoms with van der Waals surface area (Å²) in [6, 6.07) is 5.71. The molecule has 0 aliphatic carbocycles. The molecule has 0 saturated heterocycles. The fourth-order valence-electron chi connectivity index (χ4n) is 1.14. The molecule has 0 spiro atoms. The first kappa shape index (κ1) is 10.6. The molecule has 1 aromatic carbocycles. The molecule has 0 saturated carbocycles. The van der Waals surface area contributed by atoms with Crippen LogP contribution in [0.3, 0.4) is 0 Å². The van der Waals surface area contributed by atoms with Gasteiger partial charge >= 0.3 is 0 Å². The Morgan fingerprint density at radius 1 is 1.46 bits per heavy atom. The second-order valence-corrected chi connectivity index (χ2v) is 3.92. The van der Waals surface area contributed by atoms with Crippen molar-refractivity contribution in [1.29, 1.82) is 0 Å². The molecule has 0 nitrogen and oxygen atoms in total. The summed E-state index contributed by atoms with van der Waals surface area (Å²) in [5.74, 6) is 0.427. The van der Waals surface area contributed by atoms with E-state index in [0.717, 1.165) is 12.0 Å². The molecule has 0 aliphatic rings. The molecular formula is C11H12Cl2. The Labute approximate surface area is 89.2 Å². The normalized spacial score (nSPS) is 12.5. The molecule has 1 aromatic rings. The van der Waals surface area contributed by atoms with E-state index in [1.807, 2.05) is 18.2 Å². The third-order valence-electron chi connectivity index (χ3n) is 1.98. The summed E-state index contributed by atoms with van der Waals surface area (Å²) in [4.78, 5) is 0. The van der Waals surface area contributed by atoms with Crippen LogP contribution in [0, 0.1) is 5.92 Å². The first-order valence-electron chi connectivity index (χ1n) is 4.20. The van der Waals surface area contributed by atoms with E-state index in [2.05, 4.69) is 13.5 Å². The van der Waals surface area contributed by atoms with Crippen molar-refractivity contribution in [2.24, 2.45) is 5.92 Å². The summed E-state index contributed by atoms with van der Waals surface area (Å²) >= 11 is 11.9. The van der Waals surface area contributed by atoms with E-state index in [0.29, 0.717) is 16.0 Å². The van der Waals surface area contributed by atoms with Gasteiger partial charge in [-0.15, -0.1) is 6.58 Å². The molecule has 0 bridgehead atoms. The monoisotopic (exact) mass is 214 g/mol. The van der Waals surface area contributed by atoms with Crippen molar-refractivity contribution in [2.75, 3.05) is 0 Å². The zero-order valence-electron chi connectivity index (χ0n) is 7.56. The van der Waals surface area contributed by atoms with Gasteiger partial charge in [-0.2, -0.15) is 0 Å². The lowest BCUT2D eigenvalue weighted by atomic mass is 10.0. The van der Waals surface area contributed by atoms with Crippen LogP contribution in [-0.4, -0.2) is 0 Å². The Morgan fingerprint density at radius 2 is 2.15 bits per heavy atom. The van der Waals surface area contributed by atoms with Gasteiger partial charge in [-0.3, -0.25) is 0 Å². The van der Waals surface area contributed by atoms with Gasteiger partial charge in [0.05, 0.1) is 10.0 Å². The maximum absolute atomic E-state index is 6.03. The molecule has 0 N–H and O–H groups in total. The molecule has 1 rings (SSSR count). The van der Waals surface area contributed by atoms with Crippen LogP contribution < -0.4 is 0 Å². The fourth-order valence-corrected chi connectivity index (χ4v) is 1.53. The van der Waals surface area contributed by atoms with Crippen molar-refractivity contribution >= 4 is 23.2 Å². The van der Waals surface area contributed by atoms with Gasteiger partial charge in [-0.25, -0.2) is 0 Å². The highest BCUT2D eigenvalue weighted by Gasteiger charge is 2.06. The molecule has 1 atom stereocenters. The van der Waals surface area contributed by atoms with E-state index >= 15 is 0 Å². The van der Waals surface area contributed by atoms with E-state index < -0.39 is 0 Å². The minimum Gasteiger partial charge on any atom is -0.103 e. The van der Waals surface area contributed by atoms with Crippen LogP contribution in [0.2, 0.25) is 10.0 Å². The van der Waals surface area contributed by atoms with Gasteiger partial charge in [0.1, 0.15) is 0 Å². The molecule has 0 radical (unpaired) electrons. The summed E-state index contributed by atoms with van der Waals surface area (Å²) in [6.07, 6.45) is 2.81. The second-order valence-electron chi connectivity index (χ2n) is 3.13. The Hall–Kier alpha value is -0.460. The molecule has 0 fully saturated rings. The van der Waals surface area contributed by atoms with Gasteiger partial charge in [-0.05, 0) is 24.0 Å². The van der Waals surface area contributed by atoms with Crippen molar-refractivity contribution in [1.82, 2.24) is 0 Å². The average molecular weight is 215 g/mol. The van der Waals surface area contributed by atoms with Crippen molar-refractivity contribution in [2.45, 2.75) is 13.3 Å². The minimum absolute atomic E-state index is 0.427. The zero-order valence-corrected chi connectivity index (χ0v) is 9.07. The SMILES string of the molecule is C=CC(C)Cc1cccc(Cl)c1Cl. The zero-order chi connectivity index (χ0) is 9.84. The van der Waals surface area contributed by atoms with E-state index in [-0.39, 0.29) is 0 Å². The summed E-state index contributed by atoms with van der Waals surface area (Å²) in [7, 11) is 0. The van der Waals surface area contributed by atoms with Crippen LogP contribution in [0.4, 0.5) is 0 Å². The highest BCUT2D eigenvalue weighted by molar-refractivity contribution is 6.42. The summed E-state index contributed by atoms with van der Waals surface area (Å²) in [6.45, 7) is 5.83. The van der Waals surface area contributed by atoms with Crippen LogP contribution in [0.1, 0.15) is 12.5 Å². The molecular weight excluding hydrogens is 203 g/mol. The Morgan fingerprint density at radius 3 is 2.77 bits per heavy atom. The Balaban J connectivity index is 2.88. The largest absolute Gasteiger partial charge is 0.103 e. The van der Waals surface area contributed by atoms with Crippen molar-refractivity contribution in [3.8, 4) is 0 Å². The molecule has 0 aromatic heterocycles. The number of hydrogen-bond acceptors (Lipinski definition) is 0. The standard InChI is InChI=1S/C11H12Cl2/c1-3-8(2)7-9-5-4-6-10(12)11(9)13/h3-6,8H,1,7H2,2H3. The van der Waals surface area contributed by atoms with Crippen LogP contribution in [0.25, 0.3) is 0 Å². The first-order valence-corrected chi connectivity index (χ1v) is 4.96. The third kappa shape index (κ3) is 2.75. The summed E-state index contributed by atoms with van der Waals surface area (Å²) in [5.41, 5.74) is 1.08. The summed E-state index contributed by atoms with van der Waals surface area (Å²) in [5, 5.41) is 1.29. The number of benzene rings is 1. The van der Waals surface area contributed by atoms with E-state index in [1.165, 1.54) is 0 Å². The quantitative estimate of drug-likeness (QED) is 0.657. The van der Waals surface area contributed by atoms with Crippen LogP contribution in [0.15, 0.2) is 30.9 Å². The smallest absolute Gasteiger partial charge is 0.0624 e. The van der Waals surface area contributed by atoms with Crippen molar-refractivity contribution in [3.05, 3.63) is 46.5 Å². The highest BCUT2D eigenvalue weighted by Crippen LogP contribution is 2.27. The van der Waals surface area contributed by atoms with Gasteiger partial charge in [0.15, 0.2) is 0 Å². The van der Waals surface area contributed by atoms with Gasteiger partial charge in [0.25, 0.3) is 0 Å². The minimum atomic E-state index is 0.427. The topological polar surface area (TPSA) is 0 Å². The van der Waals surface area contributed by atoms with Gasteiger partial charge in [0, 0.05) is 0 Å². The number of rotatable bonds is 3. The molecule has 0 amide bonds. The van der Waals surface area contributed by atoms with Crippen LogP contribution in [0.5, 0.6) is 0 Å². The van der Waals surface area contributed by atoms with Gasteiger partial charge in [0.2, 0.25) is 0 Å². The number of halogens is 2. The summed E-state index contributed by atoms with van der Waals surface area (Å²) < 4.78 is 0. The lowest BCUT2D eigenvalue weighted by Crippen LogP contribution is -1.96.